The Morgan fingerprint density at radius 3 is 2.27 bits per heavy atom. The largest absolute Gasteiger partial charge is 0.493 e. The summed E-state index contributed by atoms with van der Waals surface area (Å²) >= 11 is 0. The number of rotatable bonds is 10. The molecule has 0 bridgehead atoms. The molecule has 2 N–H and O–H groups in total. The van der Waals surface area contributed by atoms with Crippen LogP contribution < -0.4 is 20.1 Å². The van der Waals surface area contributed by atoms with Gasteiger partial charge in [0.2, 0.25) is 0 Å². The van der Waals surface area contributed by atoms with Crippen LogP contribution >= 0.6 is 0 Å². The lowest BCUT2D eigenvalue weighted by Crippen LogP contribution is -2.38. The molecule has 1 atom stereocenters. The van der Waals surface area contributed by atoms with E-state index in [4.69, 9.17) is 9.47 Å². The molecule has 0 heterocycles. The number of ether oxygens (including phenoxy) is 2. The lowest BCUT2D eigenvalue weighted by molar-refractivity contribution is 0.236. The fourth-order valence-electron chi connectivity index (χ4n) is 3.78. The molecular weight excluding hydrogens is 414 g/mol. The summed E-state index contributed by atoms with van der Waals surface area (Å²) in [5, 5.41) is 6.13. The molecule has 0 radical (unpaired) electrons. The van der Waals surface area contributed by atoms with Crippen LogP contribution in [0.15, 0.2) is 72.8 Å². The van der Waals surface area contributed by atoms with Gasteiger partial charge < -0.3 is 25.0 Å². The van der Waals surface area contributed by atoms with Gasteiger partial charge in [0, 0.05) is 13.1 Å². The molecule has 0 aliphatic heterocycles. The Labute approximate surface area is 196 Å². The molecule has 0 saturated heterocycles. The Morgan fingerprint density at radius 2 is 1.58 bits per heavy atom. The lowest BCUT2D eigenvalue weighted by atomic mass is 9.98. The van der Waals surface area contributed by atoms with Gasteiger partial charge in [0.05, 0.1) is 20.3 Å². The van der Waals surface area contributed by atoms with Crippen LogP contribution in [0.2, 0.25) is 0 Å². The van der Waals surface area contributed by atoms with E-state index in [1.165, 1.54) is 5.56 Å². The number of carbonyl (C=O) groups is 1. The van der Waals surface area contributed by atoms with Gasteiger partial charge in [0.25, 0.3) is 0 Å². The van der Waals surface area contributed by atoms with Gasteiger partial charge >= 0.3 is 6.03 Å². The summed E-state index contributed by atoms with van der Waals surface area (Å²) in [4.78, 5) is 14.9. The third kappa shape index (κ3) is 7.26. The van der Waals surface area contributed by atoms with E-state index >= 15 is 0 Å². The minimum Gasteiger partial charge on any atom is -0.493 e. The van der Waals surface area contributed by atoms with Crippen LogP contribution in [0.5, 0.6) is 11.5 Å². The molecule has 3 aromatic carbocycles. The Hall–Kier alpha value is -3.51. The van der Waals surface area contributed by atoms with Gasteiger partial charge in [-0.05, 0) is 54.9 Å². The van der Waals surface area contributed by atoms with Crippen molar-refractivity contribution < 1.29 is 14.3 Å². The van der Waals surface area contributed by atoms with Crippen molar-refractivity contribution in [2.75, 3.05) is 28.3 Å². The first-order chi connectivity index (χ1) is 16.0. The smallest absolute Gasteiger partial charge is 0.315 e. The predicted octanol–water partition coefficient (Wildman–Crippen LogP) is 4.55. The zero-order chi connectivity index (χ0) is 23.6. The fourth-order valence-corrected chi connectivity index (χ4v) is 3.78. The Kier molecular flexibility index (Phi) is 8.72. The van der Waals surface area contributed by atoms with Crippen molar-refractivity contribution in [3.8, 4) is 11.5 Å². The third-order valence-corrected chi connectivity index (χ3v) is 5.34. The highest BCUT2D eigenvalue weighted by Gasteiger charge is 2.16. The van der Waals surface area contributed by atoms with Crippen LogP contribution in [-0.2, 0) is 19.5 Å². The number of hydrogen-bond acceptors (Lipinski definition) is 4. The first-order valence-electron chi connectivity index (χ1n) is 11.0. The standard InChI is InChI=1S/C27H33N3O3/c1-30(2)19-22-10-8-9-21(15-22)18-28-27(31)29-24(23-11-6-5-7-12-23)16-20-13-14-25(32-3)26(17-20)33-4/h5-15,17,24H,16,18-19H2,1-4H3,(H2,28,29,31). The molecule has 1 unspecified atom stereocenters. The topological polar surface area (TPSA) is 62.8 Å². The zero-order valence-corrected chi connectivity index (χ0v) is 19.8. The molecule has 2 amide bonds. The average molecular weight is 448 g/mol. The summed E-state index contributed by atoms with van der Waals surface area (Å²) in [5.41, 5.74) is 4.37. The maximum atomic E-state index is 12.8. The molecule has 6 nitrogen and oxygen atoms in total. The van der Waals surface area contributed by atoms with Gasteiger partial charge in [-0.15, -0.1) is 0 Å². The molecule has 174 valence electrons. The fraction of sp³-hybridized carbons (Fsp3) is 0.296. The average Bonchev–Trinajstić information content (AvgIpc) is 2.82. The molecule has 0 aliphatic rings. The highest BCUT2D eigenvalue weighted by Crippen LogP contribution is 2.29. The van der Waals surface area contributed by atoms with Gasteiger partial charge in [-0.25, -0.2) is 4.79 Å². The normalized spacial score (nSPS) is 11.7. The van der Waals surface area contributed by atoms with Gasteiger partial charge in [0.15, 0.2) is 11.5 Å². The lowest BCUT2D eigenvalue weighted by Gasteiger charge is -2.21. The van der Waals surface area contributed by atoms with E-state index in [9.17, 15) is 4.79 Å². The van der Waals surface area contributed by atoms with Crippen LogP contribution in [0.25, 0.3) is 0 Å². The third-order valence-electron chi connectivity index (χ3n) is 5.34. The maximum absolute atomic E-state index is 12.8. The van der Waals surface area contributed by atoms with Gasteiger partial charge in [-0.3, -0.25) is 0 Å². The number of hydrogen-bond donors (Lipinski definition) is 2. The molecule has 0 aliphatic carbocycles. The Bertz CT molecular complexity index is 1040. The molecule has 0 aromatic heterocycles. The van der Waals surface area contributed by atoms with Crippen LogP contribution in [-0.4, -0.2) is 39.2 Å². The Morgan fingerprint density at radius 1 is 0.848 bits per heavy atom. The van der Waals surface area contributed by atoms with Crippen molar-refractivity contribution in [2.24, 2.45) is 0 Å². The second kappa shape index (κ2) is 11.9. The van der Waals surface area contributed by atoms with Crippen molar-refractivity contribution >= 4 is 6.03 Å². The number of methoxy groups -OCH3 is 2. The highest BCUT2D eigenvalue weighted by atomic mass is 16.5. The number of nitrogens with one attached hydrogen (secondary N) is 2. The quantitative estimate of drug-likeness (QED) is 0.479. The minimum absolute atomic E-state index is 0.190. The van der Waals surface area contributed by atoms with E-state index < -0.39 is 0 Å². The first kappa shape index (κ1) is 24.1. The Balaban J connectivity index is 1.69. The van der Waals surface area contributed by atoms with Crippen molar-refractivity contribution in [1.29, 1.82) is 0 Å². The second-order valence-corrected chi connectivity index (χ2v) is 8.24. The molecule has 0 fully saturated rings. The van der Waals surface area contributed by atoms with E-state index in [-0.39, 0.29) is 12.1 Å². The maximum Gasteiger partial charge on any atom is 0.315 e. The van der Waals surface area contributed by atoms with Crippen molar-refractivity contribution in [3.63, 3.8) is 0 Å². The van der Waals surface area contributed by atoms with Crippen LogP contribution in [0.4, 0.5) is 4.79 Å². The molecular formula is C27H33N3O3. The van der Waals surface area contributed by atoms with Crippen LogP contribution in [0.3, 0.4) is 0 Å². The number of urea groups is 1. The summed E-state index contributed by atoms with van der Waals surface area (Å²) in [6, 6.07) is 23.7. The van der Waals surface area contributed by atoms with E-state index in [0.29, 0.717) is 24.5 Å². The molecule has 33 heavy (non-hydrogen) atoms. The van der Waals surface area contributed by atoms with E-state index in [1.54, 1.807) is 14.2 Å². The summed E-state index contributed by atoms with van der Waals surface area (Å²) in [5.74, 6) is 1.35. The number of amides is 2. The van der Waals surface area contributed by atoms with Crippen molar-refractivity contribution in [2.45, 2.75) is 25.6 Å². The van der Waals surface area contributed by atoms with Gasteiger partial charge in [-0.1, -0.05) is 60.7 Å². The van der Waals surface area contributed by atoms with Crippen molar-refractivity contribution in [1.82, 2.24) is 15.5 Å². The van der Waals surface area contributed by atoms with E-state index in [2.05, 4.69) is 27.7 Å². The first-order valence-corrected chi connectivity index (χ1v) is 11.0. The minimum atomic E-state index is -0.206. The zero-order valence-electron chi connectivity index (χ0n) is 19.8. The molecule has 3 aromatic rings. The van der Waals surface area contributed by atoms with Crippen LogP contribution in [0, 0.1) is 0 Å². The summed E-state index contributed by atoms with van der Waals surface area (Å²) in [6.07, 6.45) is 0.621. The van der Waals surface area contributed by atoms with E-state index in [1.807, 2.05) is 74.8 Å². The van der Waals surface area contributed by atoms with Crippen LogP contribution in [0.1, 0.15) is 28.3 Å². The molecule has 6 heteroatoms. The highest BCUT2D eigenvalue weighted by molar-refractivity contribution is 5.74. The number of nitrogens with zero attached hydrogens (tertiary/aromatic N) is 1. The summed E-state index contributed by atoms with van der Waals surface area (Å²) in [6.45, 7) is 1.33. The SMILES string of the molecule is COc1ccc(CC(NC(=O)NCc2cccc(CN(C)C)c2)c2ccccc2)cc1OC. The second-order valence-electron chi connectivity index (χ2n) is 8.24. The van der Waals surface area contributed by atoms with E-state index in [0.717, 1.165) is 23.2 Å². The summed E-state index contributed by atoms with van der Waals surface area (Å²) in [7, 11) is 7.32. The molecule has 0 saturated carbocycles. The van der Waals surface area contributed by atoms with Crippen molar-refractivity contribution in [3.05, 3.63) is 95.1 Å². The monoisotopic (exact) mass is 447 g/mol. The molecule has 0 spiro atoms. The number of benzene rings is 3. The summed E-state index contributed by atoms with van der Waals surface area (Å²) < 4.78 is 10.8. The van der Waals surface area contributed by atoms with Gasteiger partial charge in [0.1, 0.15) is 0 Å². The van der Waals surface area contributed by atoms with Gasteiger partial charge in [-0.2, -0.15) is 0 Å². The number of carbonyl (C=O) groups excluding carboxylic acids is 1. The predicted molar refractivity (Wildman–Crippen MR) is 132 cm³/mol. The molecule has 3 rings (SSSR count).